The zero-order valence-electron chi connectivity index (χ0n) is 11.8. The van der Waals surface area contributed by atoms with Gasteiger partial charge in [0.1, 0.15) is 11.4 Å². The maximum Gasteiger partial charge on any atom is 0.296 e. The van der Waals surface area contributed by atoms with Gasteiger partial charge in [-0.2, -0.15) is 0 Å². The number of hydrogen-bond acceptors (Lipinski definition) is 4. The zero-order chi connectivity index (χ0) is 14.3. The molecule has 1 atom stereocenters. The number of nitro groups is 1. The molecule has 1 N–H and O–H groups in total. The van der Waals surface area contributed by atoms with Crippen molar-refractivity contribution in [2.45, 2.75) is 46.1 Å². The molecule has 19 heavy (non-hydrogen) atoms. The second-order valence-electron chi connectivity index (χ2n) is 4.56. The van der Waals surface area contributed by atoms with Crippen molar-refractivity contribution in [3.63, 3.8) is 0 Å². The van der Waals surface area contributed by atoms with E-state index < -0.39 is 0 Å². The van der Waals surface area contributed by atoms with Gasteiger partial charge in [-0.1, -0.05) is 19.8 Å². The summed E-state index contributed by atoms with van der Waals surface area (Å²) in [5, 5.41) is 14.3. The van der Waals surface area contributed by atoms with E-state index in [-0.39, 0.29) is 16.7 Å². The summed E-state index contributed by atoms with van der Waals surface area (Å²) < 4.78 is 5.29. The molecular formula is C14H22N2O3. The fourth-order valence-corrected chi connectivity index (χ4v) is 1.89. The van der Waals surface area contributed by atoms with Crippen LogP contribution >= 0.6 is 0 Å². The number of ether oxygens (including phenoxy) is 1. The topological polar surface area (TPSA) is 64.4 Å². The Kier molecular flexibility index (Phi) is 6.12. The summed E-state index contributed by atoms with van der Waals surface area (Å²) in [6.45, 7) is 6.52. The second-order valence-corrected chi connectivity index (χ2v) is 4.56. The molecule has 0 aliphatic heterocycles. The van der Waals surface area contributed by atoms with Crippen molar-refractivity contribution in [3.8, 4) is 5.75 Å². The van der Waals surface area contributed by atoms with Crippen LogP contribution in [-0.4, -0.2) is 17.6 Å². The van der Waals surface area contributed by atoms with Crippen LogP contribution in [0, 0.1) is 10.1 Å². The Morgan fingerprint density at radius 2 is 2.16 bits per heavy atom. The van der Waals surface area contributed by atoms with Crippen LogP contribution in [0.2, 0.25) is 0 Å². The summed E-state index contributed by atoms with van der Waals surface area (Å²) in [7, 11) is 0. The predicted molar refractivity (Wildman–Crippen MR) is 76.9 cm³/mol. The van der Waals surface area contributed by atoms with E-state index in [2.05, 4.69) is 12.2 Å². The largest absolute Gasteiger partial charge is 0.494 e. The number of anilines is 1. The maximum atomic E-state index is 11.1. The number of rotatable bonds is 8. The maximum absolute atomic E-state index is 11.1. The molecule has 5 nitrogen and oxygen atoms in total. The highest BCUT2D eigenvalue weighted by Crippen LogP contribution is 2.30. The molecule has 5 heteroatoms. The van der Waals surface area contributed by atoms with E-state index in [0.717, 1.165) is 19.3 Å². The van der Waals surface area contributed by atoms with E-state index in [4.69, 9.17) is 4.74 Å². The Bertz CT molecular complexity index is 421. The highest BCUT2D eigenvalue weighted by atomic mass is 16.6. The summed E-state index contributed by atoms with van der Waals surface area (Å²) in [6, 6.07) is 5.16. The van der Waals surface area contributed by atoms with Crippen LogP contribution < -0.4 is 10.1 Å². The molecule has 0 fully saturated rings. The molecule has 1 unspecified atom stereocenters. The fraction of sp³-hybridized carbons (Fsp3) is 0.571. The van der Waals surface area contributed by atoms with Crippen LogP contribution in [0.4, 0.5) is 11.4 Å². The zero-order valence-corrected chi connectivity index (χ0v) is 11.8. The first-order chi connectivity index (χ1) is 9.08. The van der Waals surface area contributed by atoms with Crippen LogP contribution in [0.25, 0.3) is 0 Å². The van der Waals surface area contributed by atoms with Gasteiger partial charge in [0.15, 0.2) is 0 Å². The molecule has 106 valence electrons. The fourth-order valence-electron chi connectivity index (χ4n) is 1.89. The molecule has 0 aromatic heterocycles. The SMILES string of the molecule is CCCCC(C)Nc1ccc(OCC)cc1[N+](=O)[O-]. The average molecular weight is 266 g/mol. The summed E-state index contributed by atoms with van der Waals surface area (Å²) in [5.41, 5.74) is 0.617. The van der Waals surface area contributed by atoms with Crippen molar-refractivity contribution in [2.75, 3.05) is 11.9 Å². The third-order valence-corrected chi connectivity index (χ3v) is 2.87. The quantitative estimate of drug-likeness (QED) is 0.571. The molecule has 1 aromatic carbocycles. The Labute approximate surface area is 114 Å². The number of nitrogens with one attached hydrogen (secondary N) is 1. The van der Waals surface area contributed by atoms with Crippen molar-refractivity contribution in [2.24, 2.45) is 0 Å². The predicted octanol–water partition coefficient (Wildman–Crippen LogP) is 3.98. The van der Waals surface area contributed by atoms with E-state index in [0.29, 0.717) is 18.0 Å². The number of unbranched alkanes of at least 4 members (excludes halogenated alkanes) is 1. The van der Waals surface area contributed by atoms with E-state index >= 15 is 0 Å². The third kappa shape index (κ3) is 4.77. The summed E-state index contributed by atoms with van der Waals surface area (Å²) >= 11 is 0. The summed E-state index contributed by atoms with van der Waals surface area (Å²) in [6.07, 6.45) is 3.23. The van der Waals surface area contributed by atoms with Crippen LogP contribution in [0.3, 0.4) is 0 Å². The lowest BCUT2D eigenvalue weighted by molar-refractivity contribution is -0.384. The highest BCUT2D eigenvalue weighted by molar-refractivity contribution is 5.64. The molecule has 0 spiro atoms. The first-order valence-corrected chi connectivity index (χ1v) is 6.76. The molecule has 0 heterocycles. The first-order valence-electron chi connectivity index (χ1n) is 6.76. The molecule has 0 amide bonds. The van der Waals surface area contributed by atoms with Gasteiger partial charge in [0.2, 0.25) is 0 Å². The Balaban J connectivity index is 2.84. The number of nitro benzene ring substituents is 1. The van der Waals surface area contributed by atoms with Gasteiger partial charge in [0.25, 0.3) is 5.69 Å². The molecule has 0 saturated carbocycles. The molecule has 1 rings (SSSR count). The number of hydrogen-bond donors (Lipinski definition) is 1. The van der Waals surface area contributed by atoms with E-state index in [1.165, 1.54) is 6.07 Å². The monoisotopic (exact) mass is 266 g/mol. The summed E-state index contributed by atoms with van der Waals surface area (Å²) in [4.78, 5) is 10.7. The molecule has 0 bridgehead atoms. The highest BCUT2D eigenvalue weighted by Gasteiger charge is 2.16. The number of benzene rings is 1. The minimum absolute atomic E-state index is 0.0642. The van der Waals surface area contributed by atoms with Gasteiger partial charge < -0.3 is 10.1 Å². The van der Waals surface area contributed by atoms with Crippen LogP contribution in [-0.2, 0) is 0 Å². The van der Waals surface area contributed by atoms with Crippen LogP contribution in [0.1, 0.15) is 40.0 Å². The minimum atomic E-state index is -0.378. The lowest BCUT2D eigenvalue weighted by atomic mass is 10.1. The molecular weight excluding hydrogens is 244 g/mol. The molecule has 0 aliphatic rings. The van der Waals surface area contributed by atoms with Crippen molar-refractivity contribution >= 4 is 11.4 Å². The van der Waals surface area contributed by atoms with Crippen LogP contribution in [0.15, 0.2) is 18.2 Å². The Morgan fingerprint density at radius 1 is 1.42 bits per heavy atom. The third-order valence-electron chi connectivity index (χ3n) is 2.87. The van der Waals surface area contributed by atoms with Crippen molar-refractivity contribution < 1.29 is 9.66 Å². The van der Waals surface area contributed by atoms with Gasteiger partial charge in [-0.15, -0.1) is 0 Å². The summed E-state index contributed by atoms with van der Waals surface area (Å²) in [5.74, 6) is 0.529. The van der Waals surface area contributed by atoms with Crippen molar-refractivity contribution in [1.29, 1.82) is 0 Å². The lowest BCUT2D eigenvalue weighted by Crippen LogP contribution is -2.15. The standard InChI is InChI=1S/C14H22N2O3/c1-4-6-7-11(3)15-13-9-8-12(19-5-2)10-14(13)16(17)18/h8-11,15H,4-7H2,1-3H3. The Hall–Kier alpha value is -1.78. The minimum Gasteiger partial charge on any atom is -0.494 e. The van der Waals surface area contributed by atoms with Crippen molar-refractivity contribution in [1.82, 2.24) is 0 Å². The van der Waals surface area contributed by atoms with E-state index in [1.54, 1.807) is 12.1 Å². The van der Waals surface area contributed by atoms with E-state index in [9.17, 15) is 10.1 Å². The molecule has 0 saturated heterocycles. The van der Waals surface area contributed by atoms with Gasteiger partial charge in [-0.25, -0.2) is 0 Å². The average Bonchev–Trinajstić information content (AvgIpc) is 2.38. The Morgan fingerprint density at radius 3 is 2.74 bits per heavy atom. The van der Waals surface area contributed by atoms with E-state index in [1.807, 2.05) is 13.8 Å². The lowest BCUT2D eigenvalue weighted by Gasteiger charge is -2.15. The van der Waals surface area contributed by atoms with Crippen molar-refractivity contribution in [3.05, 3.63) is 28.3 Å². The number of nitrogens with zero attached hydrogens (tertiary/aromatic N) is 1. The molecule has 0 radical (unpaired) electrons. The van der Waals surface area contributed by atoms with Gasteiger partial charge in [-0.05, 0) is 32.4 Å². The second kappa shape index (κ2) is 7.61. The first kappa shape index (κ1) is 15.3. The van der Waals surface area contributed by atoms with Gasteiger partial charge in [-0.3, -0.25) is 10.1 Å². The molecule has 1 aromatic rings. The van der Waals surface area contributed by atoms with Crippen LogP contribution in [0.5, 0.6) is 5.75 Å². The smallest absolute Gasteiger partial charge is 0.296 e. The van der Waals surface area contributed by atoms with Gasteiger partial charge in [0, 0.05) is 6.04 Å². The molecule has 0 aliphatic carbocycles. The normalized spacial score (nSPS) is 11.9. The van der Waals surface area contributed by atoms with Gasteiger partial charge in [0.05, 0.1) is 17.6 Å². The van der Waals surface area contributed by atoms with Gasteiger partial charge >= 0.3 is 0 Å².